The van der Waals surface area contributed by atoms with Crippen LogP contribution in [0.4, 0.5) is 5.69 Å². The molecule has 0 radical (unpaired) electrons. The molecule has 0 saturated carbocycles. The van der Waals surface area contributed by atoms with Gasteiger partial charge in [0, 0.05) is 89.2 Å². The van der Waals surface area contributed by atoms with Crippen LogP contribution in [0.25, 0.3) is 72.8 Å². The molecule has 0 aliphatic carbocycles. The Bertz CT molecular complexity index is 2140. The summed E-state index contributed by atoms with van der Waals surface area (Å²) >= 11 is 0. The van der Waals surface area contributed by atoms with Gasteiger partial charge in [0.05, 0.1) is 34.8 Å². The van der Waals surface area contributed by atoms with E-state index in [2.05, 4.69) is 46.9 Å². The molecule has 0 atom stereocenters. The molecule has 12 heteroatoms. The Kier molecular flexibility index (Phi) is 7.75. The first kappa shape index (κ1) is 29.1. The summed E-state index contributed by atoms with van der Waals surface area (Å²) in [6, 6.07) is 20.4. The molecular formula is C36H18N12. The van der Waals surface area contributed by atoms with Crippen LogP contribution >= 0.6 is 0 Å². The summed E-state index contributed by atoms with van der Waals surface area (Å²) in [5.41, 5.74) is 7.30. The second-order valence-electron chi connectivity index (χ2n) is 10.3. The van der Waals surface area contributed by atoms with Crippen molar-refractivity contribution in [1.82, 2.24) is 44.9 Å². The second-order valence-corrected chi connectivity index (χ2v) is 10.3. The van der Waals surface area contributed by atoms with Gasteiger partial charge in [0.15, 0.2) is 17.5 Å². The molecule has 0 N–H and O–H groups in total. The van der Waals surface area contributed by atoms with Gasteiger partial charge in [-0.2, -0.15) is 10.5 Å². The fourth-order valence-electron chi connectivity index (χ4n) is 4.77. The number of pyridine rings is 6. The van der Waals surface area contributed by atoms with Gasteiger partial charge in [-0.1, -0.05) is 0 Å². The van der Waals surface area contributed by atoms with E-state index in [-0.39, 0.29) is 0 Å². The van der Waals surface area contributed by atoms with Gasteiger partial charge in [-0.3, -0.25) is 29.9 Å². The van der Waals surface area contributed by atoms with E-state index in [0.717, 1.165) is 5.56 Å². The Morgan fingerprint density at radius 1 is 0.458 bits per heavy atom. The highest BCUT2D eigenvalue weighted by molar-refractivity contribution is 5.70. The molecule has 12 nitrogen and oxygen atoms in total. The van der Waals surface area contributed by atoms with Gasteiger partial charge in [-0.05, 0) is 54.6 Å². The van der Waals surface area contributed by atoms with E-state index < -0.39 is 0 Å². The van der Waals surface area contributed by atoms with Crippen LogP contribution in [0.1, 0.15) is 11.1 Å². The van der Waals surface area contributed by atoms with Crippen LogP contribution in [0.2, 0.25) is 0 Å². The lowest BCUT2D eigenvalue weighted by Gasteiger charge is -2.09. The topological polar surface area (TPSA) is 168 Å². The molecule has 48 heavy (non-hydrogen) atoms. The molecule has 7 rings (SSSR count). The van der Waals surface area contributed by atoms with Crippen molar-refractivity contribution in [2.45, 2.75) is 0 Å². The smallest absolute Gasteiger partial charge is 0.205 e. The van der Waals surface area contributed by atoms with Gasteiger partial charge < -0.3 is 0 Å². The van der Waals surface area contributed by atoms with Crippen molar-refractivity contribution in [3.05, 3.63) is 133 Å². The molecule has 7 aromatic rings. The molecule has 7 heterocycles. The maximum absolute atomic E-state index is 9.26. The Labute approximate surface area is 273 Å². The number of rotatable bonds is 6. The van der Waals surface area contributed by atoms with E-state index in [4.69, 9.17) is 21.5 Å². The third-order valence-electron chi connectivity index (χ3n) is 7.18. The van der Waals surface area contributed by atoms with Gasteiger partial charge in [-0.25, -0.2) is 19.8 Å². The maximum Gasteiger partial charge on any atom is 0.205 e. The highest BCUT2D eigenvalue weighted by Crippen LogP contribution is 2.28. The average Bonchev–Trinajstić information content (AvgIpc) is 3.18. The first-order valence-corrected chi connectivity index (χ1v) is 14.3. The lowest BCUT2D eigenvalue weighted by molar-refractivity contribution is 1.06. The Morgan fingerprint density at radius 2 is 0.854 bits per heavy atom. The number of nitriles is 2. The van der Waals surface area contributed by atoms with Crippen LogP contribution in [0.15, 0.2) is 110 Å². The van der Waals surface area contributed by atoms with Gasteiger partial charge in [-0.15, -0.1) is 0 Å². The molecule has 0 fully saturated rings. The van der Waals surface area contributed by atoms with E-state index in [1.165, 1.54) is 18.6 Å². The van der Waals surface area contributed by atoms with Gasteiger partial charge in [0.2, 0.25) is 5.69 Å². The van der Waals surface area contributed by atoms with Crippen molar-refractivity contribution >= 4 is 5.69 Å². The predicted octanol–water partition coefficient (Wildman–Crippen LogP) is 6.54. The van der Waals surface area contributed by atoms with Crippen molar-refractivity contribution in [1.29, 1.82) is 10.5 Å². The number of nitrogens with zero attached hydrogens (tertiary/aromatic N) is 12. The van der Waals surface area contributed by atoms with Crippen molar-refractivity contribution < 1.29 is 0 Å². The Morgan fingerprint density at radius 3 is 1.21 bits per heavy atom. The van der Waals surface area contributed by atoms with Crippen molar-refractivity contribution in [3.8, 4) is 80.1 Å². The minimum Gasteiger partial charge on any atom is -0.276 e. The van der Waals surface area contributed by atoms with E-state index in [0.29, 0.717) is 79.2 Å². The summed E-state index contributed by atoms with van der Waals surface area (Å²) in [5, 5.41) is 18.5. The third kappa shape index (κ3) is 6.02. The SMILES string of the molecule is [C-]#[N+]c1cncc(-c2ccc(-c3nc(-c4ccc(-c5cncc(C#N)c5)nc4)nc(-c4ccc(-c5cncc(C#N)c5)nc4)n3)cn2)c1. The third-order valence-corrected chi connectivity index (χ3v) is 7.18. The van der Waals surface area contributed by atoms with Crippen LogP contribution in [0, 0.1) is 29.2 Å². The van der Waals surface area contributed by atoms with Crippen molar-refractivity contribution in [2.75, 3.05) is 0 Å². The molecular weight excluding hydrogens is 600 g/mol. The second kappa shape index (κ2) is 12.8. The van der Waals surface area contributed by atoms with Gasteiger partial charge >= 0.3 is 0 Å². The zero-order valence-corrected chi connectivity index (χ0v) is 24.8. The lowest BCUT2D eigenvalue weighted by Crippen LogP contribution is -2.01. The lowest BCUT2D eigenvalue weighted by atomic mass is 10.1. The Hall–Kier alpha value is -7.62. The zero-order chi connectivity index (χ0) is 32.9. The average molecular weight is 619 g/mol. The van der Waals surface area contributed by atoms with Crippen LogP contribution in [-0.4, -0.2) is 44.9 Å². The number of hydrogen-bond donors (Lipinski definition) is 0. The molecule has 222 valence electrons. The first-order valence-electron chi connectivity index (χ1n) is 14.3. The molecule has 0 aliphatic heterocycles. The zero-order valence-electron chi connectivity index (χ0n) is 24.8. The molecule has 0 bridgehead atoms. The summed E-state index contributed by atoms with van der Waals surface area (Å²) in [7, 11) is 0. The molecule has 0 aliphatic rings. The highest BCUT2D eigenvalue weighted by atomic mass is 15.0. The molecule has 0 saturated heterocycles. The minimum absolute atomic E-state index is 0.381. The van der Waals surface area contributed by atoms with E-state index >= 15 is 0 Å². The predicted molar refractivity (Wildman–Crippen MR) is 175 cm³/mol. The molecule has 0 spiro atoms. The molecule has 0 aromatic carbocycles. The summed E-state index contributed by atoms with van der Waals surface area (Å²) in [6.45, 7) is 7.28. The number of aromatic nitrogens is 9. The molecule has 0 amide bonds. The minimum atomic E-state index is 0.381. The summed E-state index contributed by atoms with van der Waals surface area (Å²) in [6.07, 6.45) is 14.4. The van der Waals surface area contributed by atoms with Crippen LogP contribution in [-0.2, 0) is 0 Å². The maximum atomic E-state index is 9.26. The van der Waals surface area contributed by atoms with Crippen LogP contribution < -0.4 is 0 Å². The largest absolute Gasteiger partial charge is 0.276 e. The molecule has 7 aromatic heterocycles. The standard InChI is InChI=1S/C36H18N12/c1-39-30-10-29(17-42-21-30)33-7-4-26(20-45-33)36-47-34(24-2-5-31(43-18-24)27-8-22(11-37)13-40-15-27)46-35(48-36)25-3-6-32(44-19-25)28-9-23(12-38)14-41-16-28/h2-10,13-21H. The van der Waals surface area contributed by atoms with E-state index in [9.17, 15) is 10.5 Å². The summed E-state index contributed by atoms with van der Waals surface area (Å²) in [5.74, 6) is 1.14. The van der Waals surface area contributed by atoms with Crippen molar-refractivity contribution in [2.24, 2.45) is 0 Å². The van der Waals surface area contributed by atoms with Gasteiger partial charge in [0.25, 0.3) is 0 Å². The van der Waals surface area contributed by atoms with E-state index in [1.807, 2.05) is 36.4 Å². The first-order chi connectivity index (χ1) is 23.6. The summed E-state index contributed by atoms with van der Waals surface area (Å²) < 4.78 is 0. The van der Waals surface area contributed by atoms with Gasteiger partial charge in [0.1, 0.15) is 12.1 Å². The van der Waals surface area contributed by atoms with Crippen LogP contribution in [0.3, 0.4) is 0 Å². The van der Waals surface area contributed by atoms with Crippen LogP contribution in [0.5, 0.6) is 0 Å². The molecule has 0 unspecified atom stereocenters. The monoisotopic (exact) mass is 618 g/mol. The number of hydrogen-bond acceptors (Lipinski definition) is 11. The van der Waals surface area contributed by atoms with Crippen molar-refractivity contribution in [3.63, 3.8) is 0 Å². The normalized spacial score (nSPS) is 10.4. The Balaban J connectivity index is 1.28. The summed E-state index contributed by atoms with van der Waals surface area (Å²) in [4.78, 5) is 44.0. The quantitative estimate of drug-likeness (QED) is 0.186. The highest BCUT2D eigenvalue weighted by Gasteiger charge is 2.15. The fourth-order valence-corrected chi connectivity index (χ4v) is 4.77. The fraction of sp³-hybridized carbons (Fsp3) is 0. The van der Waals surface area contributed by atoms with E-state index in [1.54, 1.807) is 55.4 Å².